The van der Waals surface area contributed by atoms with Gasteiger partial charge < -0.3 is 76.9 Å². The number of para-hydroxylation sites is 1. The Bertz CT molecular complexity index is 5540. The monoisotopic (exact) mass is 1960 g/mol. The number of hydrogen-bond donors (Lipinski definition) is 14. The molecule has 14 atom stereocenters. The lowest BCUT2D eigenvalue weighted by Gasteiger charge is -2.32. The van der Waals surface area contributed by atoms with E-state index in [1.54, 1.807) is 136 Å². The summed E-state index contributed by atoms with van der Waals surface area (Å²) >= 11 is 0. The highest BCUT2D eigenvalue weighted by Crippen LogP contribution is 2.35. The van der Waals surface area contributed by atoms with Crippen LogP contribution in [0.15, 0.2) is 267 Å². The molecule has 0 bridgehead atoms. The van der Waals surface area contributed by atoms with Crippen molar-refractivity contribution in [3.63, 3.8) is 0 Å². The maximum absolute atomic E-state index is 13.8. The highest BCUT2D eigenvalue weighted by atomic mass is 16.2. The van der Waals surface area contributed by atoms with Crippen LogP contribution in [0.3, 0.4) is 0 Å². The average Bonchev–Trinajstić information content (AvgIpc) is 1.39. The molecule has 3 saturated carbocycles. The van der Waals surface area contributed by atoms with E-state index < -0.39 is 82.8 Å². The van der Waals surface area contributed by atoms with Crippen LogP contribution in [0.1, 0.15) is 230 Å². The highest BCUT2D eigenvalue weighted by Gasteiger charge is 2.43. The number of hydrogen-bond acceptors (Lipinski definition) is 18. The minimum absolute atomic E-state index is 0.0215. The summed E-state index contributed by atoms with van der Waals surface area (Å²) in [6, 6.07) is 75.0. The van der Waals surface area contributed by atoms with Crippen LogP contribution in [0.4, 0.5) is 5.69 Å². The van der Waals surface area contributed by atoms with E-state index >= 15 is 0 Å². The summed E-state index contributed by atoms with van der Waals surface area (Å²) in [7, 11) is 0. The van der Waals surface area contributed by atoms with Crippen LogP contribution >= 0.6 is 0 Å². The van der Waals surface area contributed by atoms with Gasteiger partial charge in [-0.1, -0.05) is 272 Å². The van der Waals surface area contributed by atoms with E-state index in [1.807, 2.05) is 146 Å². The third-order valence-corrected chi connectivity index (χ3v) is 26.6. The van der Waals surface area contributed by atoms with Crippen LogP contribution in [0.2, 0.25) is 0 Å². The van der Waals surface area contributed by atoms with Gasteiger partial charge in [0.15, 0.2) is 23.1 Å². The lowest BCUT2D eigenvalue weighted by Crippen LogP contribution is -2.50. The normalized spacial score (nSPS) is 17.5. The van der Waals surface area contributed by atoms with Crippen molar-refractivity contribution in [3.05, 3.63) is 317 Å². The zero-order chi connectivity index (χ0) is 104. The largest absolute Gasteiger partial charge is 0.369 e. The van der Waals surface area contributed by atoms with E-state index in [9.17, 15) is 76.7 Å². The number of Topliss-reactive ketones (excluding diaryl/α,β-unsaturated/α-hetero) is 4. The summed E-state index contributed by atoms with van der Waals surface area (Å²) in [5.41, 5.74) is 38.3. The Kier molecular flexibility index (Phi) is 46.4. The first-order valence-corrected chi connectivity index (χ1v) is 49.9. The van der Waals surface area contributed by atoms with Crippen molar-refractivity contribution in [1.29, 1.82) is 0 Å². The Hall–Kier alpha value is -14.8. The number of rotatable bonds is 48. The fourth-order valence-electron chi connectivity index (χ4n) is 18.3. The Morgan fingerprint density at radius 1 is 0.326 bits per heavy atom. The van der Waals surface area contributed by atoms with Crippen LogP contribution in [0, 0.1) is 40.9 Å². The van der Waals surface area contributed by atoms with E-state index in [0.29, 0.717) is 137 Å². The molecule has 0 saturated heterocycles. The van der Waals surface area contributed by atoms with E-state index in [-0.39, 0.29) is 126 Å². The van der Waals surface area contributed by atoms with Gasteiger partial charge in [-0.2, -0.15) is 0 Å². The number of benzene rings is 9. The Morgan fingerprint density at radius 3 is 0.958 bits per heavy atom. The minimum atomic E-state index is -1.02. The fourth-order valence-corrected chi connectivity index (χ4v) is 18.3. The quantitative estimate of drug-likeness (QED) is 0.0158. The molecular formula is C114H140N14O16. The number of unbranched alkanes of at least 4 members (excludes halogenated alkanes) is 2. The number of nitrogens with one attached hydrogen (secondary N) is 8. The SMILES string of the molecule is CC(CC(=O)[C@H](Cc1ccccc1)NC(=O)c1ccccc1)C(=O)N[C@@H]1CCCC[C@@H]1C(N)=O.CC(CC(=O)[C@H](Cc1ccccc1)NC(=O)c1ccccc1)C(=O)N[C@@H]1CCCC[C@H]1C(N)=O.C[C@@](CCCCN)(CC(=O)[C@H](Cc1ccccc1)NC(=O)c1ccccc1)C(=O)N[C@H]1CCC[C@@H]1C(N)=O.NCCCC[C@H](CC(=O)[C@H](Cc1ccccc1)NC(=O)c1ccccc1)C(=O)Nc1ccccc1C(N)=O. The van der Waals surface area contributed by atoms with E-state index in [0.717, 1.165) is 60.8 Å². The van der Waals surface area contributed by atoms with Crippen molar-refractivity contribution in [2.75, 3.05) is 18.4 Å². The molecule has 0 heterocycles. The van der Waals surface area contributed by atoms with Crippen molar-refractivity contribution in [2.24, 2.45) is 75.3 Å². The number of primary amides is 4. The van der Waals surface area contributed by atoms with Gasteiger partial charge in [-0.3, -0.25) is 76.7 Å². The van der Waals surface area contributed by atoms with Crippen molar-refractivity contribution in [1.82, 2.24) is 37.2 Å². The molecule has 762 valence electrons. The van der Waals surface area contributed by atoms with Gasteiger partial charge in [0, 0.05) is 83.8 Å². The molecule has 20 N–H and O–H groups in total. The third kappa shape index (κ3) is 36.9. The standard InChI is InChI=1S/C30H40N4O4.C30H34N4O4.2C27H33N3O4/c1-30(17-8-9-18-31,29(38)34-24-16-10-15-23(24)27(32)36)20-26(35)25(19-21-11-4-2-5-12-21)33-28(37)22-13-6-3-7-14-22;31-18-10-9-15-23(30(38)33-25-17-8-7-16-24(25)28(32)36)20-27(35)26(19-21-11-3-1-4-12-21)34-29(37)22-13-5-2-6-14-22;2*1-18(26(33)29-22-15-9-8-14-21(22)25(28)32)16-24(31)23(17-19-10-4-2-5-11-19)30-27(34)20-12-6-3-7-13-20/h2-7,11-14,23-25H,8-10,15-20,31H2,1H3,(H2,32,36)(H,33,37)(H,34,38);1-8,11-14,16-17,23,26H,9-10,15,18-20,31H2,(H2,32,36)(H,33,38)(H,34,37);2*2-7,10-13,18,21-23H,8-9,14-17H2,1H3,(H2,28,32)(H,29,33)(H,30,34)/t23-,24-,25-,30+;23-,26+;18?,21-,22+,23-;18?,21-,22-,23+/m0101/s1. The van der Waals surface area contributed by atoms with Gasteiger partial charge in [0.05, 0.1) is 58.6 Å². The van der Waals surface area contributed by atoms with Gasteiger partial charge in [-0.05, 0) is 186 Å². The number of anilines is 1. The zero-order valence-corrected chi connectivity index (χ0v) is 82.5. The van der Waals surface area contributed by atoms with Gasteiger partial charge >= 0.3 is 0 Å². The minimum Gasteiger partial charge on any atom is -0.369 e. The predicted octanol–water partition coefficient (Wildman–Crippen LogP) is 11.9. The first-order chi connectivity index (χ1) is 69.3. The molecule has 0 spiro atoms. The number of carbonyl (C=O) groups excluding carboxylic acids is 16. The number of carbonyl (C=O) groups is 16. The number of nitrogens with two attached hydrogens (primary N) is 6. The van der Waals surface area contributed by atoms with Crippen molar-refractivity contribution >= 4 is 99.7 Å². The first kappa shape index (κ1) is 113. The smallest absolute Gasteiger partial charge is 0.251 e. The number of amides is 12. The third-order valence-electron chi connectivity index (χ3n) is 26.6. The van der Waals surface area contributed by atoms with Crippen molar-refractivity contribution in [3.8, 4) is 0 Å². The topological polar surface area (TPSA) is 525 Å². The molecule has 0 radical (unpaired) electrons. The lowest BCUT2D eigenvalue weighted by molar-refractivity contribution is -0.137. The molecule has 30 heteroatoms. The molecule has 3 aliphatic carbocycles. The predicted molar refractivity (Wildman–Crippen MR) is 554 cm³/mol. The lowest BCUT2D eigenvalue weighted by atomic mass is 9.77. The fraction of sp³-hybridized carbons (Fsp3) is 0.386. The molecule has 2 unspecified atom stereocenters. The molecule has 12 rings (SSSR count). The summed E-state index contributed by atoms with van der Waals surface area (Å²) in [5.74, 6) is -8.43. The van der Waals surface area contributed by atoms with Gasteiger partial charge in [-0.15, -0.1) is 0 Å². The summed E-state index contributed by atoms with van der Waals surface area (Å²) in [5, 5.41) is 23.1. The van der Waals surface area contributed by atoms with Crippen LogP contribution in [0.5, 0.6) is 0 Å². The summed E-state index contributed by atoms with van der Waals surface area (Å²) in [6.07, 6.45) is 13.3. The van der Waals surface area contributed by atoms with Crippen LogP contribution < -0.4 is 76.9 Å². The van der Waals surface area contributed by atoms with Crippen molar-refractivity contribution in [2.45, 2.75) is 224 Å². The van der Waals surface area contributed by atoms with Crippen molar-refractivity contribution < 1.29 is 76.7 Å². The average molecular weight is 1960 g/mol. The molecule has 30 nitrogen and oxygen atoms in total. The van der Waals surface area contributed by atoms with Gasteiger partial charge in [0.2, 0.25) is 41.4 Å². The van der Waals surface area contributed by atoms with Crippen LogP contribution in [-0.2, 0) is 78.4 Å². The summed E-state index contributed by atoms with van der Waals surface area (Å²) < 4.78 is 0. The maximum atomic E-state index is 13.8. The highest BCUT2D eigenvalue weighted by molar-refractivity contribution is 6.06. The molecular weight excluding hydrogens is 1820 g/mol. The van der Waals surface area contributed by atoms with Gasteiger partial charge in [-0.25, -0.2) is 0 Å². The van der Waals surface area contributed by atoms with E-state index in [1.165, 1.54) is 6.07 Å². The van der Waals surface area contributed by atoms with Crippen LogP contribution in [0.25, 0.3) is 0 Å². The molecule has 3 aliphatic rings. The summed E-state index contributed by atoms with van der Waals surface area (Å²) in [6.45, 7) is 6.11. The molecule has 3 fully saturated rings. The molecule has 9 aromatic rings. The summed E-state index contributed by atoms with van der Waals surface area (Å²) in [4.78, 5) is 205. The zero-order valence-electron chi connectivity index (χ0n) is 82.5. The van der Waals surface area contributed by atoms with Gasteiger partial charge in [0.1, 0.15) is 0 Å². The first-order valence-electron chi connectivity index (χ1n) is 49.9. The Balaban J connectivity index is 0.000000214. The second-order valence-corrected chi connectivity index (χ2v) is 37.8. The Labute approximate surface area is 843 Å². The molecule has 9 aromatic carbocycles. The second kappa shape index (κ2) is 59.2. The second-order valence-electron chi connectivity index (χ2n) is 37.8. The van der Waals surface area contributed by atoms with E-state index in [2.05, 4.69) is 42.5 Å². The molecule has 144 heavy (non-hydrogen) atoms. The van der Waals surface area contributed by atoms with Crippen LogP contribution in [-0.4, -0.2) is 149 Å². The molecule has 0 aromatic heterocycles. The molecule has 12 amide bonds. The Morgan fingerprint density at radius 2 is 0.618 bits per heavy atom. The molecule has 0 aliphatic heterocycles. The van der Waals surface area contributed by atoms with Gasteiger partial charge in [0.25, 0.3) is 29.5 Å². The number of ketones is 4. The maximum Gasteiger partial charge on any atom is 0.251 e. The van der Waals surface area contributed by atoms with E-state index in [4.69, 9.17) is 34.4 Å².